The fourth-order valence-electron chi connectivity index (χ4n) is 2.27. The van der Waals surface area contributed by atoms with Crippen LogP contribution in [0.4, 0.5) is 0 Å². The highest BCUT2D eigenvalue weighted by Gasteiger charge is 2.62. The van der Waals surface area contributed by atoms with E-state index in [0.717, 1.165) is 31.2 Å². The number of carbonyl (C=O) groups is 4. The van der Waals surface area contributed by atoms with E-state index in [9.17, 15) is 24.3 Å². The van der Waals surface area contributed by atoms with Crippen molar-refractivity contribution in [2.24, 2.45) is 0 Å². The molecule has 0 radical (unpaired) electrons. The SMILES string of the molecule is C=CC(=O)OC(C)(OC(=O)C=C)C(CC(O)CCC)(OC(=O)C=C)OC(=O)C=C. The summed E-state index contributed by atoms with van der Waals surface area (Å²) in [6.45, 7) is 15.8. The van der Waals surface area contributed by atoms with E-state index in [1.165, 1.54) is 0 Å². The molecule has 0 aliphatic heterocycles. The molecule has 0 aliphatic carbocycles. The minimum Gasteiger partial charge on any atom is -0.411 e. The minimum atomic E-state index is -2.59. The van der Waals surface area contributed by atoms with Crippen LogP contribution in [-0.4, -0.2) is 46.7 Å². The molecular formula is C20H26O9. The average Bonchev–Trinajstić information content (AvgIpc) is 2.66. The summed E-state index contributed by atoms with van der Waals surface area (Å²) < 4.78 is 20.6. The molecule has 0 aromatic carbocycles. The van der Waals surface area contributed by atoms with E-state index in [1.807, 2.05) is 0 Å². The van der Waals surface area contributed by atoms with Crippen molar-refractivity contribution in [3.05, 3.63) is 50.6 Å². The van der Waals surface area contributed by atoms with Gasteiger partial charge in [0.2, 0.25) is 0 Å². The standard InChI is InChI=1S/C20H26O9/c1-7-12-14(21)13-20(28-17(24)10-4,29-18(25)11-5)19(6,26-15(22)8-2)27-16(23)9-3/h8-11,14,21H,2-5,7,12-13H2,1,6H3. The van der Waals surface area contributed by atoms with Crippen molar-refractivity contribution in [1.29, 1.82) is 0 Å². The van der Waals surface area contributed by atoms with Gasteiger partial charge in [0.15, 0.2) is 0 Å². The lowest BCUT2D eigenvalue weighted by Crippen LogP contribution is -2.62. The second kappa shape index (κ2) is 11.6. The highest BCUT2D eigenvalue weighted by molar-refractivity contribution is 5.85. The largest absolute Gasteiger partial charge is 0.411 e. The molecule has 0 saturated heterocycles. The maximum atomic E-state index is 12.0. The summed E-state index contributed by atoms with van der Waals surface area (Å²) in [6.07, 6.45) is 1.87. The van der Waals surface area contributed by atoms with Crippen LogP contribution in [0.15, 0.2) is 50.6 Å². The molecule has 0 amide bonds. The summed E-state index contributed by atoms with van der Waals surface area (Å²) >= 11 is 0. The van der Waals surface area contributed by atoms with Gasteiger partial charge in [-0.15, -0.1) is 0 Å². The molecule has 1 atom stereocenters. The Morgan fingerprint density at radius 1 is 0.828 bits per heavy atom. The van der Waals surface area contributed by atoms with Gasteiger partial charge in [0.05, 0.1) is 12.5 Å². The zero-order chi connectivity index (χ0) is 22.7. The zero-order valence-electron chi connectivity index (χ0n) is 16.5. The summed E-state index contributed by atoms with van der Waals surface area (Å²) in [5.41, 5.74) is 0. The highest BCUT2D eigenvalue weighted by Crippen LogP contribution is 2.38. The smallest absolute Gasteiger partial charge is 0.336 e. The number of aliphatic hydroxyl groups excluding tert-OH is 1. The number of esters is 4. The normalized spacial score (nSPS) is 12.0. The van der Waals surface area contributed by atoms with Crippen molar-refractivity contribution >= 4 is 23.9 Å². The summed E-state index contributed by atoms with van der Waals surface area (Å²) in [6, 6.07) is 0. The monoisotopic (exact) mass is 410 g/mol. The summed E-state index contributed by atoms with van der Waals surface area (Å²) in [5.74, 6) is -9.53. The third kappa shape index (κ3) is 7.38. The third-order valence-electron chi connectivity index (χ3n) is 3.61. The number of carbonyl (C=O) groups excluding carboxylic acids is 4. The van der Waals surface area contributed by atoms with Crippen LogP contribution in [0.1, 0.15) is 33.1 Å². The van der Waals surface area contributed by atoms with Crippen molar-refractivity contribution in [1.82, 2.24) is 0 Å². The van der Waals surface area contributed by atoms with E-state index in [0.29, 0.717) is 6.42 Å². The second-order valence-electron chi connectivity index (χ2n) is 5.85. The van der Waals surface area contributed by atoms with Crippen LogP contribution in [0.2, 0.25) is 0 Å². The highest BCUT2D eigenvalue weighted by atomic mass is 16.8. The van der Waals surface area contributed by atoms with Crippen LogP contribution in [0.25, 0.3) is 0 Å². The topological polar surface area (TPSA) is 125 Å². The summed E-state index contributed by atoms with van der Waals surface area (Å²) in [4.78, 5) is 47.9. The molecule has 9 nitrogen and oxygen atoms in total. The lowest BCUT2D eigenvalue weighted by Gasteiger charge is -2.44. The van der Waals surface area contributed by atoms with Gasteiger partial charge in [0, 0.05) is 31.2 Å². The molecule has 1 N–H and O–H groups in total. The predicted octanol–water partition coefficient (Wildman–Crippen LogP) is 1.87. The Labute approximate surface area is 169 Å². The molecule has 0 aliphatic rings. The molecule has 0 saturated carbocycles. The summed E-state index contributed by atoms with van der Waals surface area (Å²) in [7, 11) is 0. The molecular weight excluding hydrogens is 384 g/mol. The van der Waals surface area contributed by atoms with Gasteiger partial charge in [-0.25, -0.2) is 19.2 Å². The first-order valence-corrected chi connectivity index (χ1v) is 8.62. The van der Waals surface area contributed by atoms with E-state index < -0.39 is 48.0 Å². The van der Waals surface area contributed by atoms with Crippen molar-refractivity contribution in [2.45, 2.75) is 50.8 Å². The Hall–Kier alpha value is -3.20. The molecule has 1 unspecified atom stereocenters. The van der Waals surface area contributed by atoms with Gasteiger partial charge in [0.25, 0.3) is 0 Å². The maximum Gasteiger partial charge on any atom is 0.336 e. The van der Waals surface area contributed by atoms with Crippen molar-refractivity contribution in [3.8, 4) is 0 Å². The van der Waals surface area contributed by atoms with E-state index in [2.05, 4.69) is 26.3 Å². The Bertz CT molecular complexity index is 633. The lowest BCUT2D eigenvalue weighted by atomic mass is 9.96. The lowest BCUT2D eigenvalue weighted by molar-refractivity contribution is -0.359. The molecule has 0 fully saturated rings. The van der Waals surface area contributed by atoms with Gasteiger partial charge in [-0.3, -0.25) is 0 Å². The molecule has 160 valence electrons. The molecule has 29 heavy (non-hydrogen) atoms. The Balaban J connectivity index is 6.71. The Morgan fingerprint density at radius 2 is 1.17 bits per heavy atom. The number of ether oxygens (including phenoxy) is 4. The van der Waals surface area contributed by atoms with Crippen LogP contribution in [0.5, 0.6) is 0 Å². The van der Waals surface area contributed by atoms with Gasteiger partial charge in [-0.1, -0.05) is 39.7 Å². The van der Waals surface area contributed by atoms with Gasteiger partial charge in [-0.2, -0.15) is 0 Å². The maximum absolute atomic E-state index is 12.0. The van der Waals surface area contributed by atoms with Crippen molar-refractivity contribution in [2.75, 3.05) is 0 Å². The van der Waals surface area contributed by atoms with Crippen LogP contribution in [0.3, 0.4) is 0 Å². The summed E-state index contributed by atoms with van der Waals surface area (Å²) in [5, 5.41) is 10.3. The van der Waals surface area contributed by atoms with E-state index in [4.69, 9.17) is 18.9 Å². The van der Waals surface area contributed by atoms with Gasteiger partial charge >= 0.3 is 35.5 Å². The fourth-order valence-corrected chi connectivity index (χ4v) is 2.27. The fraction of sp³-hybridized carbons (Fsp3) is 0.400. The number of aliphatic hydroxyl groups is 1. The molecule has 0 spiro atoms. The average molecular weight is 410 g/mol. The first kappa shape index (κ1) is 25.8. The quantitative estimate of drug-likeness (QED) is 0.275. The van der Waals surface area contributed by atoms with Crippen molar-refractivity contribution in [3.63, 3.8) is 0 Å². The third-order valence-corrected chi connectivity index (χ3v) is 3.61. The predicted molar refractivity (Wildman–Crippen MR) is 102 cm³/mol. The number of hydrogen-bond acceptors (Lipinski definition) is 9. The van der Waals surface area contributed by atoms with E-state index in [-0.39, 0.29) is 6.42 Å². The van der Waals surface area contributed by atoms with Crippen molar-refractivity contribution < 1.29 is 43.2 Å². The van der Waals surface area contributed by atoms with Gasteiger partial charge in [0.1, 0.15) is 0 Å². The number of rotatable bonds is 13. The first-order valence-electron chi connectivity index (χ1n) is 8.62. The van der Waals surface area contributed by atoms with Gasteiger partial charge in [-0.05, 0) is 6.42 Å². The first-order chi connectivity index (χ1) is 13.5. The Kier molecular flexibility index (Phi) is 10.3. The van der Waals surface area contributed by atoms with Crippen LogP contribution >= 0.6 is 0 Å². The van der Waals surface area contributed by atoms with Gasteiger partial charge < -0.3 is 24.1 Å². The molecule has 0 aromatic rings. The molecule has 0 aromatic heterocycles. The van der Waals surface area contributed by atoms with E-state index in [1.54, 1.807) is 6.92 Å². The second-order valence-corrected chi connectivity index (χ2v) is 5.85. The van der Waals surface area contributed by atoms with Crippen LogP contribution in [0, 0.1) is 0 Å². The molecule has 0 heterocycles. The number of hydrogen-bond donors (Lipinski definition) is 1. The zero-order valence-corrected chi connectivity index (χ0v) is 16.5. The van der Waals surface area contributed by atoms with Crippen LogP contribution < -0.4 is 0 Å². The van der Waals surface area contributed by atoms with Crippen LogP contribution in [-0.2, 0) is 38.1 Å². The molecule has 0 bridgehead atoms. The van der Waals surface area contributed by atoms with E-state index >= 15 is 0 Å². The molecule has 0 rings (SSSR count). The minimum absolute atomic E-state index is 0.194. The Morgan fingerprint density at radius 3 is 1.48 bits per heavy atom. The molecule has 9 heteroatoms.